The van der Waals surface area contributed by atoms with Crippen molar-refractivity contribution in [2.45, 2.75) is 296 Å². The van der Waals surface area contributed by atoms with E-state index in [-0.39, 0.29) is 32.2 Å². The summed E-state index contributed by atoms with van der Waals surface area (Å²) in [6.07, 6.45) is 62.2. The molecular formula is C62H115NO8. The minimum Gasteiger partial charge on any atom is -0.545 e. The third-order valence-corrected chi connectivity index (χ3v) is 13.4. The van der Waals surface area contributed by atoms with Gasteiger partial charge in [-0.2, -0.15) is 0 Å². The number of aliphatic carboxylic acids is 1. The normalized spacial score (nSPS) is 13.0. The highest BCUT2D eigenvalue weighted by Gasteiger charge is 2.22. The van der Waals surface area contributed by atoms with Crippen LogP contribution in [0.25, 0.3) is 0 Å². The quantitative estimate of drug-likeness (QED) is 0.0195. The van der Waals surface area contributed by atoms with Gasteiger partial charge in [-0.1, -0.05) is 262 Å². The van der Waals surface area contributed by atoms with Gasteiger partial charge in [-0.3, -0.25) is 9.59 Å². The summed E-state index contributed by atoms with van der Waals surface area (Å²) in [5, 5.41) is 11.8. The van der Waals surface area contributed by atoms with Crippen LogP contribution in [0.2, 0.25) is 0 Å². The van der Waals surface area contributed by atoms with Crippen LogP contribution >= 0.6 is 0 Å². The monoisotopic (exact) mass is 1000 g/mol. The van der Waals surface area contributed by atoms with E-state index in [9.17, 15) is 19.5 Å². The van der Waals surface area contributed by atoms with Crippen molar-refractivity contribution in [1.82, 2.24) is 0 Å². The lowest BCUT2D eigenvalue weighted by molar-refractivity contribution is -0.870. The van der Waals surface area contributed by atoms with Crippen LogP contribution in [0.4, 0.5) is 0 Å². The second-order valence-corrected chi connectivity index (χ2v) is 21.6. The van der Waals surface area contributed by atoms with E-state index in [4.69, 9.17) is 18.9 Å². The molecule has 0 rings (SSSR count). The highest BCUT2D eigenvalue weighted by atomic mass is 16.7. The lowest BCUT2D eigenvalue weighted by atomic mass is 10.0. The van der Waals surface area contributed by atoms with E-state index in [0.29, 0.717) is 23.9 Å². The molecule has 9 nitrogen and oxygen atoms in total. The maximum atomic E-state index is 12.8. The third-order valence-electron chi connectivity index (χ3n) is 13.4. The Morgan fingerprint density at radius 3 is 1.20 bits per heavy atom. The zero-order chi connectivity index (χ0) is 52.0. The number of hydrogen-bond acceptors (Lipinski definition) is 8. The van der Waals surface area contributed by atoms with Gasteiger partial charge in [0.25, 0.3) is 0 Å². The molecule has 0 aromatic heterocycles. The first-order chi connectivity index (χ1) is 34.6. The van der Waals surface area contributed by atoms with Crippen LogP contribution in [0.1, 0.15) is 284 Å². The molecule has 0 aliphatic heterocycles. The van der Waals surface area contributed by atoms with Crippen LogP contribution in [0.15, 0.2) is 36.5 Å². The lowest BCUT2D eigenvalue weighted by Crippen LogP contribution is -2.44. The first-order valence-electron chi connectivity index (χ1n) is 30.1. The SMILES string of the molecule is CC/C=C\C/C=C\C/C=C\CCCCCCCC(=O)OC(COC(=O)CCCCCCCCCCCCCCCCCCCCCCCCCCCCCCCCC)COC(OCC[N+](C)(C)C)C(=O)[O-]. The molecule has 0 aromatic carbocycles. The van der Waals surface area contributed by atoms with E-state index in [2.05, 4.69) is 50.3 Å². The van der Waals surface area contributed by atoms with Crippen LogP contribution in [-0.2, 0) is 33.3 Å². The van der Waals surface area contributed by atoms with Crippen LogP contribution in [0.5, 0.6) is 0 Å². The van der Waals surface area contributed by atoms with E-state index in [1.807, 2.05) is 21.1 Å². The topological polar surface area (TPSA) is 111 Å². The summed E-state index contributed by atoms with van der Waals surface area (Å²) in [6, 6.07) is 0. The Labute approximate surface area is 439 Å². The molecule has 0 aliphatic carbocycles. The molecule has 0 fully saturated rings. The van der Waals surface area contributed by atoms with Gasteiger partial charge >= 0.3 is 11.9 Å². The highest BCUT2D eigenvalue weighted by Crippen LogP contribution is 2.18. The molecule has 0 amide bonds. The Balaban J connectivity index is 4.06. The van der Waals surface area contributed by atoms with E-state index >= 15 is 0 Å². The molecule has 71 heavy (non-hydrogen) atoms. The Kier molecular flexibility index (Phi) is 51.9. The number of esters is 2. The number of carboxylic acid groups (broad SMARTS) is 1. The van der Waals surface area contributed by atoms with E-state index < -0.39 is 24.3 Å². The Hall–Kier alpha value is -2.49. The van der Waals surface area contributed by atoms with Crippen molar-refractivity contribution in [2.75, 3.05) is 47.5 Å². The molecule has 0 bridgehead atoms. The summed E-state index contributed by atoms with van der Waals surface area (Å²) in [4.78, 5) is 37.2. The summed E-state index contributed by atoms with van der Waals surface area (Å²) in [6.45, 7) is 4.65. The predicted molar refractivity (Wildman–Crippen MR) is 297 cm³/mol. The Bertz CT molecular complexity index is 1260. The molecule has 0 aromatic rings. The second-order valence-electron chi connectivity index (χ2n) is 21.6. The molecule has 0 N–H and O–H groups in total. The van der Waals surface area contributed by atoms with Gasteiger partial charge in [0.2, 0.25) is 0 Å². The van der Waals surface area contributed by atoms with E-state index in [1.54, 1.807) is 0 Å². The van der Waals surface area contributed by atoms with Crippen molar-refractivity contribution in [2.24, 2.45) is 0 Å². The fraction of sp³-hybridized carbons (Fsp3) is 0.855. The average molecular weight is 1000 g/mol. The summed E-state index contributed by atoms with van der Waals surface area (Å²) >= 11 is 0. The average Bonchev–Trinajstić information content (AvgIpc) is 3.34. The number of carbonyl (C=O) groups excluding carboxylic acids is 3. The van der Waals surface area contributed by atoms with Crippen molar-refractivity contribution >= 4 is 17.9 Å². The lowest BCUT2D eigenvalue weighted by Gasteiger charge is -2.26. The number of nitrogens with zero attached hydrogens (tertiary/aromatic N) is 1. The van der Waals surface area contributed by atoms with Gasteiger partial charge in [0, 0.05) is 12.8 Å². The molecule has 0 heterocycles. The van der Waals surface area contributed by atoms with Crippen molar-refractivity contribution < 1.29 is 42.9 Å². The summed E-state index contributed by atoms with van der Waals surface area (Å²) in [7, 11) is 5.92. The third kappa shape index (κ3) is 55.1. The fourth-order valence-corrected chi connectivity index (χ4v) is 8.79. The largest absolute Gasteiger partial charge is 0.545 e. The number of likely N-dealkylation sites (N-methyl/N-ethyl adjacent to an activating group) is 1. The van der Waals surface area contributed by atoms with Gasteiger partial charge in [-0.15, -0.1) is 0 Å². The van der Waals surface area contributed by atoms with Gasteiger partial charge < -0.3 is 33.3 Å². The van der Waals surface area contributed by atoms with E-state index in [1.165, 1.54) is 180 Å². The number of ether oxygens (including phenoxy) is 4. The van der Waals surface area contributed by atoms with E-state index in [0.717, 1.165) is 70.6 Å². The van der Waals surface area contributed by atoms with Gasteiger partial charge in [-0.05, 0) is 44.9 Å². The van der Waals surface area contributed by atoms with Crippen LogP contribution in [0, 0.1) is 0 Å². The van der Waals surface area contributed by atoms with Crippen molar-refractivity contribution in [1.29, 1.82) is 0 Å². The molecule has 0 saturated carbocycles. The standard InChI is InChI=1S/C62H115NO8/c1-6-8-10-12-14-16-18-20-22-23-24-25-26-27-28-29-30-31-32-33-34-35-36-37-39-40-42-44-46-48-50-52-59(64)69-56-58(57-70-62(61(66)67)68-55-54-63(3,4)5)71-60(65)53-51-49-47-45-43-41-38-21-19-17-15-13-11-9-7-2/h9,11,15,17,21,38,58,62H,6-8,10,12-14,16,18-20,22-37,39-57H2,1-5H3/b11-9-,17-15-,38-21-. The molecule has 0 saturated heterocycles. The molecule has 0 spiro atoms. The number of quaternary nitrogens is 1. The first-order valence-corrected chi connectivity index (χ1v) is 30.1. The minimum absolute atomic E-state index is 0.145. The van der Waals surface area contributed by atoms with Gasteiger partial charge in [0.05, 0.1) is 40.3 Å². The number of allylic oxidation sites excluding steroid dienone is 6. The minimum atomic E-state index is -1.62. The maximum Gasteiger partial charge on any atom is 0.306 e. The van der Waals surface area contributed by atoms with Crippen LogP contribution < -0.4 is 5.11 Å². The smallest absolute Gasteiger partial charge is 0.306 e. The van der Waals surface area contributed by atoms with Gasteiger partial charge in [-0.25, -0.2) is 0 Å². The fourth-order valence-electron chi connectivity index (χ4n) is 8.79. The molecule has 0 radical (unpaired) electrons. The first kappa shape index (κ1) is 68.5. The maximum absolute atomic E-state index is 12.8. The highest BCUT2D eigenvalue weighted by molar-refractivity contribution is 5.70. The summed E-state index contributed by atoms with van der Waals surface area (Å²) < 4.78 is 22.7. The molecule has 2 atom stereocenters. The van der Waals surface area contributed by atoms with Crippen molar-refractivity contribution in [3.05, 3.63) is 36.5 Å². The van der Waals surface area contributed by atoms with Crippen LogP contribution in [0.3, 0.4) is 0 Å². The molecular weight excluding hydrogens is 887 g/mol. The number of hydrogen-bond donors (Lipinski definition) is 0. The zero-order valence-electron chi connectivity index (χ0n) is 47.4. The van der Waals surface area contributed by atoms with Crippen LogP contribution in [-0.4, -0.2) is 82.3 Å². The summed E-state index contributed by atoms with van der Waals surface area (Å²) in [5.74, 6) is -2.29. The van der Waals surface area contributed by atoms with Crippen molar-refractivity contribution in [3.8, 4) is 0 Å². The van der Waals surface area contributed by atoms with Gasteiger partial charge in [0.1, 0.15) is 13.2 Å². The number of carboxylic acids is 1. The zero-order valence-corrected chi connectivity index (χ0v) is 47.4. The molecule has 0 aliphatic rings. The predicted octanol–water partition coefficient (Wildman–Crippen LogP) is 16.3. The molecule has 2 unspecified atom stereocenters. The number of unbranched alkanes of at least 4 members (excludes halogenated alkanes) is 35. The Morgan fingerprint density at radius 2 is 0.803 bits per heavy atom. The second kappa shape index (κ2) is 53.8. The Morgan fingerprint density at radius 1 is 0.437 bits per heavy atom. The van der Waals surface area contributed by atoms with Gasteiger partial charge in [0.15, 0.2) is 12.4 Å². The number of carbonyl (C=O) groups is 3. The number of rotatable bonds is 56. The molecule has 416 valence electrons. The molecule has 9 heteroatoms. The summed E-state index contributed by atoms with van der Waals surface area (Å²) in [5.41, 5.74) is 0. The van der Waals surface area contributed by atoms with Crippen molar-refractivity contribution in [3.63, 3.8) is 0 Å².